The second-order valence-corrected chi connectivity index (χ2v) is 9.30. The molecule has 0 radical (unpaired) electrons. The van der Waals surface area contributed by atoms with Gasteiger partial charge in [-0.15, -0.1) is 0 Å². The third kappa shape index (κ3) is 7.17. The summed E-state index contributed by atoms with van der Waals surface area (Å²) in [5, 5.41) is 0. The molecule has 1 atom stereocenters. The lowest BCUT2D eigenvalue weighted by Crippen LogP contribution is -2.48. The van der Waals surface area contributed by atoms with Crippen molar-refractivity contribution in [3.63, 3.8) is 0 Å². The predicted molar refractivity (Wildman–Crippen MR) is 132 cm³/mol. The zero-order valence-corrected chi connectivity index (χ0v) is 21.0. The highest BCUT2D eigenvalue weighted by Crippen LogP contribution is 2.20. The Morgan fingerprint density at radius 2 is 1.69 bits per heavy atom. The molecule has 0 aliphatic heterocycles. The van der Waals surface area contributed by atoms with Crippen molar-refractivity contribution in [3.8, 4) is 5.75 Å². The van der Waals surface area contributed by atoms with Crippen LogP contribution in [-0.2, 0) is 16.1 Å². The summed E-state index contributed by atoms with van der Waals surface area (Å²) < 4.78 is 19.9. The summed E-state index contributed by atoms with van der Waals surface area (Å²) in [6, 6.07) is 5.22. The number of rotatable bonds is 10. The Bertz CT molecular complexity index is 1160. The Labute approximate surface area is 203 Å². The molecule has 1 aromatic carbocycles. The van der Waals surface area contributed by atoms with Crippen molar-refractivity contribution in [2.75, 3.05) is 30.8 Å². The number of carbonyl (C=O) groups excluding carboxylic acids is 2. The van der Waals surface area contributed by atoms with Gasteiger partial charge in [0, 0.05) is 20.1 Å². The van der Waals surface area contributed by atoms with Gasteiger partial charge < -0.3 is 20.3 Å². The summed E-state index contributed by atoms with van der Waals surface area (Å²) >= 11 is 0. The van der Waals surface area contributed by atoms with Crippen molar-refractivity contribution in [2.45, 2.75) is 47.3 Å². The summed E-state index contributed by atoms with van der Waals surface area (Å²) in [5.41, 5.74) is 4.65. The predicted octanol–water partition coefficient (Wildman–Crippen LogP) is 1.83. The highest BCUT2D eigenvalue weighted by molar-refractivity contribution is 5.98. The first-order valence-corrected chi connectivity index (χ1v) is 11.4. The van der Waals surface area contributed by atoms with Gasteiger partial charge in [-0.3, -0.25) is 23.9 Å². The number of nitrogen functional groups attached to an aromatic ring is 1. The molecule has 10 nitrogen and oxygen atoms in total. The van der Waals surface area contributed by atoms with E-state index in [1.165, 1.54) is 52.6 Å². The Kier molecular flexibility index (Phi) is 9.21. The maximum absolute atomic E-state index is 13.3. The zero-order valence-electron chi connectivity index (χ0n) is 21.0. The monoisotopic (exact) mass is 491 g/mol. The Hall–Kier alpha value is -3.63. The SMILES string of the molecule is CC(C)CN(C(=O)CN(C)C(=O)[C@H](C)Oc1ccc(F)cc1)c1c(N)n(CC(C)C)c(=O)[nH]c1=O. The molecule has 0 saturated carbocycles. The van der Waals surface area contributed by atoms with E-state index in [0.29, 0.717) is 5.75 Å². The number of halogens is 1. The number of anilines is 2. The number of carbonyl (C=O) groups is 2. The van der Waals surface area contributed by atoms with Crippen LogP contribution in [0.5, 0.6) is 5.75 Å². The molecule has 35 heavy (non-hydrogen) atoms. The van der Waals surface area contributed by atoms with Crippen LogP contribution in [0.25, 0.3) is 0 Å². The molecule has 11 heteroatoms. The lowest BCUT2D eigenvalue weighted by atomic mass is 10.2. The largest absolute Gasteiger partial charge is 0.481 e. The van der Waals surface area contributed by atoms with Gasteiger partial charge in [0.05, 0.1) is 6.54 Å². The van der Waals surface area contributed by atoms with E-state index in [2.05, 4.69) is 4.98 Å². The van der Waals surface area contributed by atoms with Crippen LogP contribution in [-0.4, -0.2) is 52.5 Å². The molecule has 2 rings (SSSR count). The van der Waals surface area contributed by atoms with Crippen LogP contribution in [0.15, 0.2) is 33.9 Å². The third-order valence-corrected chi connectivity index (χ3v) is 5.10. The van der Waals surface area contributed by atoms with Crippen LogP contribution >= 0.6 is 0 Å². The van der Waals surface area contributed by atoms with Crippen LogP contribution in [0.4, 0.5) is 15.9 Å². The summed E-state index contributed by atoms with van der Waals surface area (Å²) in [6.07, 6.45) is -0.946. The van der Waals surface area contributed by atoms with Crippen molar-refractivity contribution in [1.82, 2.24) is 14.5 Å². The number of hydrogen-bond donors (Lipinski definition) is 2. The second kappa shape index (κ2) is 11.7. The van der Waals surface area contributed by atoms with Crippen molar-refractivity contribution in [2.24, 2.45) is 11.8 Å². The fourth-order valence-corrected chi connectivity index (χ4v) is 3.51. The topological polar surface area (TPSA) is 131 Å². The minimum absolute atomic E-state index is 0.0371. The van der Waals surface area contributed by atoms with E-state index in [0.717, 1.165) is 0 Å². The van der Waals surface area contributed by atoms with E-state index in [1.807, 2.05) is 27.7 Å². The number of benzene rings is 1. The number of aromatic nitrogens is 2. The van der Waals surface area contributed by atoms with Gasteiger partial charge in [0.25, 0.3) is 11.5 Å². The van der Waals surface area contributed by atoms with Gasteiger partial charge in [-0.1, -0.05) is 27.7 Å². The fraction of sp³-hybridized carbons (Fsp3) is 0.500. The van der Waals surface area contributed by atoms with E-state index in [4.69, 9.17) is 10.5 Å². The first-order valence-electron chi connectivity index (χ1n) is 11.4. The molecule has 0 aliphatic rings. The van der Waals surface area contributed by atoms with Gasteiger partial charge in [0.1, 0.15) is 17.4 Å². The lowest BCUT2D eigenvalue weighted by Gasteiger charge is -2.29. The molecule has 0 fully saturated rings. The standard InChI is InChI=1S/C24H34FN5O5/c1-14(2)11-29(20-21(26)30(12-15(3)4)24(34)27-22(20)32)19(31)13-28(6)23(33)16(5)35-18-9-7-17(25)8-10-18/h7-10,14-16H,11-13,26H2,1-6H3,(H,27,32,34)/t16-/m0/s1. The smallest absolute Gasteiger partial charge is 0.330 e. The molecule has 0 unspecified atom stereocenters. The Morgan fingerprint density at radius 1 is 1.09 bits per heavy atom. The van der Waals surface area contributed by atoms with Gasteiger partial charge in [0.15, 0.2) is 11.8 Å². The Morgan fingerprint density at radius 3 is 2.23 bits per heavy atom. The van der Waals surface area contributed by atoms with E-state index in [9.17, 15) is 23.6 Å². The van der Waals surface area contributed by atoms with E-state index in [-0.39, 0.29) is 43.0 Å². The molecule has 2 amide bonds. The van der Waals surface area contributed by atoms with Crippen LogP contribution in [0.3, 0.4) is 0 Å². The van der Waals surface area contributed by atoms with Crippen molar-refractivity contribution in [3.05, 3.63) is 50.9 Å². The van der Waals surface area contributed by atoms with Crippen LogP contribution in [0.2, 0.25) is 0 Å². The number of H-pyrrole nitrogens is 1. The highest BCUT2D eigenvalue weighted by atomic mass is 19.1. The first kappa shape index (κ1) is 27.6. The minimum atomic E-state index is -0.946. The van der Waals surface area contributed by atoms with Crippen LogP contribution in [0, 0.1) is 17.7 Å². The van der Waals surface area contributed by atoms with Crippen LogP contribution < -0.4 is 26.6 Å². The molecule has 0 spiro atoms. The van der Waals surface area contributed by atoms with E-state index in [1.54, 1.807) is 0 Å². The summed E-state index contributed by atoms with van der Waals surface area (Å²) in [5.74, 6) is -1.24. The normalized spacial score (nSPS) is 12.0. The van der Waals surface area contributed by atoms with Gasteiger partial charge in [-0.25, -0.2) is 9.18 Å². The third-order valence-electron chi connectivity index (χ3n) is 5.10. The zero-order chi connectivity index (χ0) is 26.4. The van der Waals surface area contributed by atoms with E-state index >= 15 is 0 Å². The average Bonchev–Trinajstić information content (AvgIpc) is 2.76. The molecule has 3 N–H and O–H groups in total. The van der Waals surface area contributed by atoms with Crippen molar-refractivity contribution in [1.29, 1.82) is 0 Å². The summed E-state index contributed by atoms with van der Waals surface area (Å²) in [7, 11) is 1.44. The van der Waals surface area contributed by atoms with Crippen LogP contribution in [0.1, 0.15) is 34.6 Å². The quantitative estimate of drug-likeness (QED) is 0.521. The molecule has 0 saturated heterocycles. The van der Waals surface area contributed by atoms with Gasteiger partial charge in [-0.2, -0.15) is 0 Å². The minimum Gasteiger partial charge on any atom is -0.481 e. The average molecular weight is 492 g/mol. The number of nitrogens with two attached hydrogens (primary N) is 1. The summed E-state index contributed by atoms with van der Waals surface area (Å²) in [4.78, 5) is 55.7. The molecular formula is C24H34FN5O5. The maximum Gasteiger partial charge on any atom is 0.330 e. The number of ether oxygens (including phenoxy) is 1. The molecule has 0 aliphatic carbocycles. The molecule has 1 heterocycles. The summed E-state index contributed by atoms with van der Waals surface area (Å²) in [6.45, 7) is 9.08. The second-order valence-electron chi connectivity index (χ2n) is 9.30. The van der Waals surface area contributed by atoms with Crippen molar-refractivity contribution < 1.29 is 18.7 Å². The Balaban J connectivity index is 2.29. The number of hydrogen-bond acceptors (Lipinski definition) is 6. The van der Waals surface area contributed by atoms with Crippen molar-refractivity contribution >= 4 is 23.3 Å². The van der Waals surface area contributed by atoms with Gasteiger partial charge in [-0.05, 0) is 43.0 Å². The molecule has 192 valence electrons. The number of likely N-dealkylation sites (N-methyl/N-ethyl adjacent to an activating group) is 1. The number of nitrogens with zero attached hydrogens (tertiary/aromatic N) is 3. The fourth-order valence-electron chi connectivity index (χ4n) is 3.51. The lowest BCUT2D eigenvalue weighted by molar-refractivity contribution is -0.139. The first-order chi connectivity index (χ1) is 16.3. The molecule has 1 aromatic heterocycles. The highest BCUT2D eigenvalue weighted by Gasteiger charge is 2.28. The number of amides is 2. The molecule has 2 aromatic rings. The molecular weight excluding hydrogens is 457 g/mol. The molecule has 0 bridgehead atoms. The van der Waals surface area contributed by atoms with E-state index < -0.39 is 35.0 Å². The van der Waals surface area contributed by atoms with Gasteiger partial charge in [0.2, 0.25) is 5.91 Å². The number of aromatic amines is 1. The number of nitrogens with one attached hydrogen (secondary N) is 1. The van der Waals surface area contributed by atoms with Gasteiger partial charge >= 0.3 is 5.69 Å². The maximum atomic E-state index is 13.3.